The molecule has 1 N–H and O–H groups in total. The highest BCUT2D eigenvalue weighted by atomic mass is 79.9. The number of sulfonamides is 1. The first-order chi connectivity index (χ1) is 9.32. The van der Waals surface area contributed by atoms with Gasteiger partial charge >= 0.3 is 0 Å². The smallest absolute Gasteiger partial charge is 0.241 e. The molecule has 0 unspecified atom stereocenters. The summed E-state index contributed by atoms with van der Waals surface area (Å²) in [5.41, 5.74) is 0.0425. The van der Waals surface area contributed by atoms with E-state index >= 15 is 0 Å². The first-order valence-corrected chi connectivity index (χ1v) is 9.03. The average Bonchev–Trinajstić information content (AvgIpc) is 2.41. The zero-order valence-corrected chi connectivity index (χ0v) is 14.3. The molecule has 0 aromatic heterocycles. The maximum absolute atomic E-state index is 12.4. The van der Waals surface area contributed by atoms with Crippen molar-refractivity contribution in [2.24, 2.45) is 5.41 Å². The molecule has 1 aliphatic rings. The fourth-order valence-electron chi connectivity index (χ4n) is 2.34. The van der Waals surface area contributed by atoms with Crippen LogP contribution in [-0.4, -0.2) is 40.0 Å². The number of hydrogen-bond donors (Lipinski definition) is 1. The van der Waals surface area contributed by atoms with E-state index in [0.29, 0.717) is 15.9 Å². The van der Waals surface area contributed by atoms with Crippen LogP contribution < -0.4 is 4.72 Å². The zero-order chi connectivity index (χ0) is 14.8. The molecule has 0 spiro atoms. The van der Waals surface area contributed by atoms with Crippen molar-refractivity contribution in [2.75, 3.05) is 26.7 Å². The maximum Gasteiger partial charge on any atom is 0.241 e. The third kappa shape index (κ3) is 3.81. The van der Waals surface area contributed by atoms with Gasteiger partial charge in [0.25, 0.3) is 0 Å². The molecule has 0 bridgehead atoms. The SMILES string of the molecule is CN1CCC(C)(CNS(=O)(=O)c2ccccc2Br)CC1. The molecule has 20 heavy (non-hydrogen) atoms. The molecule has 1 saturated heterocycles. The van der Waals surface area contributed by atoms with Gasteiger partial charge in [-0.05, 0) is 66.5 Å². The van der Waals surface area contributed by atoms with E-state index in [9.17, 15) is 8.42 Å². The van der Waals surface area contributed by atoms with Gasteiger partial charge in [0, 0.05) is 11.0 Å². The molecule has 1 aromatic rings. The topological polar surface area (TPSA) is 49.4 Å². The van der Waals surface area contributed by atoms with Crippen LogP contribution in [0.2, 0.25) is 0 Å². The quantitative estimate of drug-likeness (QED) is 0.896. The van der Waals surface area contributed by atoms with E-state index < -0.39 is 10.0 Å². The third-order valence-corrected chi connectivity index (χ3v) is 6.42. The Morgan fingerprint density at radius 2 is 1.90 bits per heavy atom. The summed E-state index contributed by atoms with van der Waals surface area (Å²) >= 11 is 3.29. The van der Waals surface area contributed by atoms with Crippen LogP contribution in [0.25, 0.3) is 0 Å². The summed E-state index contributed by atoms with van der Waals surface area (Å²) in [6.45, 7) is 4.69. The lowest BCUT2D eigenvalue weighted by Crippen LogP contribution is -2.43. The number of likely N-dealkylation sites (tertiary alicyclic amines) is 1. The van der Waals surface area contributed by atoms with Crippen molar-refractivity contribution in [2.45, 2.75) is 24.7 Å². The van der Waals surface area contributed by atoms with Gasteiger partial charge in [0.15, 0.2) is 0 Å². The van der Waals surface area contributed by atoms with Gasteiger partial charge in [-0.1, -0.05) is 19.1 Å². The van der Waals surface area contributed by atoms with Crippen molar-refractivity contribution >= 4 is 26.0 Å². The van der Waals surface area contributed by atoms with Crippen molar-refractivity contribution in [3.05, 3.63) is 28.7 Å². The Bertz CT molecular complexity index is 566. The minimum Gasteiger partial charge on any atom is -0.306 e. The van der Waals surface area contributed by atoms with Crippen LogP contribution in [-0.2, 0) is 10.0 Å². The van der Waals surface area contributed by atoms with Gasteiger partial charge in [-0.2, -0.15) is 0 Å². The predicted molar refractivity (Wildman–Crippen MR) is 84.2 cm³/mol. The molecule has 6 heteroatoms. The second-order valence-electron chi connectivity index (χ2n) is 5.87. The number of benzene rings is 1. The Morgan fingerprint density at radius 1 is 1.30 bits per heavy atom. The molecule has 1 aliphatic heterocycles. The highest BCUT2D eigenvalue weighted by Gasteiger charge is 2.30. The van der Waals surface area contributed by atoms with E-state index in [1.807, 2.05) is 0 Å². The molecule has 1 heterocycles. The van der Waals surface area contributed by atoms with Crippen molar-refractivity contribution in [3.8, 4) is 0 Å². The molecular formula is C14H21BrN2O2S. The standard InChI is InChI=1S/C14H21BrN2O2S/c1-14(7-9-17(2)10-8-14)11-16-20(18,19)13-6-4-3-5-12(13)15/h3-6,16H,7-11H2,1-2H3. The lowest BCUT2D eigenvalue weighted by molar-refractivity contribution is 0.143. The number of rotatable bonds is 4. The van der Waals surface area contributed by atoms with E-state index in [2.05, 4.69) is 39.5 Å². The van der Waals surface area contributed by atoms with Crippen molar-refractivity contribution in [1.29, 1.82) is 0 Å². The van der Waals surface area contributed by atoms with Crippen molar-refractivity contribution in [1.82, 2.24) is 9.62 Å². The summed E-state index contributed by atoms with van der Waals surface area (Å²) < 4.78 is 28.1. The molecule has 4 nitrogen and oxygen atoms in total. The fraction of sp³-hybridized carbons (Fsp3) is 0.571. The van der Waals surface area contributed by atoms with Crippen molar-refractivity contribution < 1.29 is 8.42 Å². The fourth-order valence-corrected chi connectivity index (χ4v) is 4.55. The molecule has 112 valence electrons. The Balaban J connectivity index is 2.05. The normalized spacial score (nSPS) is 19.9. The summed E-state index contributed by atoms with van der Waals surface area (Å²) in [4.78, 5) is 2.58. The number of piperidine rings is 1. The second kappa shape index (κ2) is 6.13. The molecule has 1 aromatic carbocycles. The minimum atomic E-state index is -3.45. The van der Waals surface area contributed by atoms with Gasteiger partial charge in [-0.25, -0.2) is 13.1 Å². The Kier molecular flexibility index (Phi) is 4.89. The van der Waals surface area contributed by atoms with Gasteiger partial charge in [0.1, 0.15) is 0 Å². The van der Waals surface area contributed by atoms with Crippen LogP contribution in [0.5, 0.6) is 0 Å². The van der Waals surface area contributed by atoms with Crippen LogP contribution in [0, 0.1) is 5.41 Å². The van der Waals surface area contributed by atoms with Crippen LogP contribution in [0.1, 0.15) is 19.8 Å². The molecule has 0 amide bonds. The third-order valence-electron chi connectivity index (χ3n) is 4.01. The van der Waals surface area contributed by atoms with E-state index in [1.165, 1.54) is 0 Å². The van der Waals surface area contributed by atoms with Crippen LogP contribution in [0.3, 0.4) is 0 Å². The van der Waals surface area contributed by atoms with Gasteiger partial charge < -0.3 is 4.90 Å². The summed E-state index contributed by atoms with van der Waals surface area (Å²) in [5, 5.41) is 0. The molecule has 2 rings (SSSR count). The lowest BCUT2D eigenvalue weighted by atomic mass is 9.81. The van der Waals surface area contributed by atoms with E-state index in [4.69, 9.17) is 0 Å². The van der Waals surface area contributed by atoms with Crippen LogP contribution >= 0.6 is 15.9 Å². The Hall–Kier alpha value is -0.430. The first-order valence-electron chi connectivity index (χ1n) is 6.75. The Labute approximate surface area is 129 Å². The lowest BCUT2D eigenvalue weighted by Gasteiger charge is -2.37. The molecule has 0 saturated carbocycles. The largest absolute Gasteiger partial charge is 0.306 e. The minimum absolute atomic E-state index is 0.0425. The highest BCUT2D eigenvalue weighted by Crippen LogP contribution is 2.30. The average molecular weight is 361 g/mol. The molecule has 0 atom stereocenters. The number of nitrogens with one attached hydrogen (secondary N) is 1. The highest BCUT2D eigenvalue weighted by molar-refractivity contribution is 9.10. The van der Waals surface area contributed by atoms with Crippen LogP contribution in [0.15, 0.2) is 33.6 Å². The summed E-state index contributed by atoms with van der Waals surface area (Å²) in [6.07, 6.45) is 2.03. The molecule has 1 fully saturated rings. The Morgan fingerprint density at radius 3 is 2.50 bits per heavy atom. The number of halogens is 1. The maximum atomic E-state index is 12.4. The van der Waals surface area contributed by atoms with E-state index in [1.54, 1.807) is 24.3 Å². The summed E-state index contributed by atoms with van der Waals surface area (Å²) in [5.74, 6) is 0. The van der Waals surface area contributed by atoms with Gasteiger partial charge in [-0.15, -0.1) is 0 Å². The van der Waals surface area contributed by atoms with Gasteiger partial charge in [0.05, 0.1) is 4.90 Å². The number of hydrogen-bond acceptors (Lipinski definition) is 3. The zero-order valence-electron chi connectivity index (χ0n) is 11.9. The predicted octanol–water partition coefficient (Wildman–Crippen LogP) is 2.46. The summed E-state index contributed by atoms with van der Waals surface area (Å²) in [7, 11) is -1.35. The monoisotopic (exact) mass is 360 g/mol. The van der Waals surface area contributed by atoms with E-state index in [-0.39, 0.29) is 5.41 Å². The van der Waals surface area contributed by atoms with Gasteiger partial charge in [0.2, 0.25) is 10.0 Å². The summed E-state index contributed by atoms with van der Waals surface area (Å²) in [6, 6.07) is 6.90. The first kappa shape index (κ1) is 15.9. The second-order valence-corrected chi connectivity index (χ2v) is 8.46. The molecular weight excluding hydrogens is 340 g/mol. The molecule has 0 radical (unpaired) electrons. The van der Waals surface area contributed by atoms with Crippen LogP contribution in [0.4, 0.5) is 0 Å². The number of nitrogens with zero attached hydrogens (tertiary/aromatic N) is 1. The van der Waals surface area contributed by atoms with Crippen molar-refractivity contribution in [3.63, 3.8) is 0 Å². The van der Waals surface area contributed by atoms with Gasteiger partial charge in [-0.3, -0.25) is 0 Å². The van der Waals surface area contributed by atoms with E-state index in [0.717, 1.165) is 25.9 Å². The molecule has 0 aliphatic carbocycles.